The van der Waals surface area contributed by atoms with Gasteiger partial charge in [-0.1, -0.05) is 6.07 Å². The van der Waals surface area contributed by atoms with Crippen LogP contribution in [0.3, 0.4) is 0 Å². The Morgan fingerprint density at radius 3 is 2.93 bits per heavy atom. The highest BCUT2D eigenvalue weighted by Gasteiger charge is 2.09. The first kappa shape index (κ1) is 9.36. The number of Topliss-reactive ketones (excluding diaryl/α,β-unsaturated/α-hetero) is 1. The lowest BCUT2D eigenvalue weighted by Gasteiger charge is -1.92. The third-order valence-corrected chi connectivity index (χ3v) is 3.34. The normalized spacial score (nSPS) is 10.3. The average molecular weight is 224 g/mol. The van der Waals surface area contributed by atoms with Crippen LogP contribution in [-0.4, -0.2) is 10.8 Å². The van der Waals surface area contributed by atoms with Gasteiger partial charge < -0.3 is 5.73 Å². The van der Waals surface area contributed by atoms with Crippen LogP contribution in [0.1, 0.15) is 15.4 Å². The lowest BCUT2D eigenvalue weighted by molar-refractivity contribution is 0.0996. The van der Waals surface area contributed by atoms with Crippen LogP contribution in [0, 0.1) is 0 Å². The standard InChI is InChI=1S/C9H8N2OS2/c10-9-11-6(5-14-9)4-7(12)8-2-1-3-13-8/h1-3,5H,4H2,(H2,10,11). The van der Waals surface area contributed by atoms with Gasteiger partial charge in [0.2, 0.25) is 0 Å². The first-order valence-corrected chi connectivity index (χ1v) is 5.78. The molecule has 0 aromatic carbocycles. The molecule has 0 atom stereocenters. The Balaban J connectivity index is 2.09. The zero-order valence-corrected chi connectivity index (χ0v) is 8.90. The van der Waals surface area contributed by atoms with Gasteiger partial charge in [0.25, 0.3) is 0 Å². The maximum atomic E-state index is 11.6. The molecule has 0 aliphatic heterocycles. The molecule has 0 radical (unpaired) electrons. The number of aromatic nitrogens is 1. The predicted octanol–water partition coefficient (Wildman–Crippen LogP) is 2.21. The molecular formula is C9H8N2OS2. The summed E-state index contributed by atoms with van der Waals surface area (Å²) in [6.45, 7) is 0. The number of nitrogens with two attached hydrogens (primary N) is 1. The van der Waals surface area contributed by atoms with Gasteiger partial charge in [-0.15, -0.1) is 22.7 Å². The van der Waals surface area contributed by atoms with Gasteiger partial charge in [-0.2, -0.15) is 0 Å². The molecule has 0 amide bonds. The predicted molar refractivity (Wildman–Crippen MR) is 58.9 cm³/mol. The summed E-state index contributed by atoms with van der Waals surface area (Å²) >= 11 is 2.81. The minimum absolute atomic E-state index is 0.102. The zero-order chi connectivity index (χ0) is 9.97. The van der Waals surface area contributed by atoms with Gasteiger partial charge >= 0.3 is 0 Å². The van der Waals surface area contributed by atoms with E-state index in [1.54, 1.807) is 0 Å². The molecule has 2 rings (SSSR count). The molecule has 2 heterocycles. The van der Waals surface area contributed by atoms with E-state index in [1.807, 2.05) is 22.9 Å². The maximum absolute atomic E-state index is 11.6. The number of thiazole rings is 1. The van der Waals surface area contributed by atoms with Crippen LogP contribution in [0.25, 0.3) is 0 Å². The van der Waals surface area contributed by atoms with Crippen LogP contribution in [0.4, 0.5) is 5.13 Å². The van der Waals surface area contributed by atoms with Gasteiger partial charge in [-0.25, -0.2) is 4.98 Å². The van der Waals surface area contributed by atoms with Crippen molar-refractivity contribution in [1.29, 1.82) is 0 Å². The van der Waals surface area contributed by atoms with E-state index >= 15 is 0 Å². The highest BCUT2D eigenvalue weighted by Crippen LogP contribution is 2.15. The van der Waals surface area contributed by atoms with Gasteiger partial charge in [0.1, 0.15) is 0 Å². The van der Waals surface area contributed by atoms with Crippen molar-refractivity contribution >= 4 is 33.6 Å². The average Bonchev–Trinajstić information content (AvgIpc) is 2.75. The smallest absolute Gasteiger partial charge is 0.180 e. The van der Waals surface area contributed by atoms with Crippen molar-refractivity contribution in [3.05, 3.63) is 33.5 Å². The van der Waals surface area contributed by atoms with Crippen LogP contribution in [-0.2, 0) is 6.42 Å². The van der Waals surface area contributed by atoms with Crippen molar-refractivity contribution in [1.82, 2.24) is 4.98 Å². The Hall–Kier alpha value is -1.20. The topological polar surface area (TPSA) is 56.0 Å². The third kappa shape index (κ3) is 2.00. The molecule has 14 heavy (non-hydrogen) atoms. The second kappa shape index (κ2) is 3.89. The molecule has 0 fully saturated rings. The van der Waals surface area contributed by atoms with E-state index in [9.17, 15) is 4.79 Å². The summed E-state index contributed by atoms with van der Waals surface area (Å²) < 4.78 is 0. The van der Waals surface area contributed by atoms with Crippen LogP contribution < -0.4 is 5.73 Å². The van der Waals surface area contributed by atoms with Crippen molar-refractivity contribution < 1.29 is 4.79 Å². The molecule has 5 heteroatoms. The number of anilines is 1. The minimum atomic E-state index is 0.102. The molecular weight excluding hydrogens is 216 g/mol. The zero-order valence-electron chi connectivity index (χ0n) is 7.27. The SMILES string of the molecule is Nc1nc(CC(=O)c2cccs2)cs1. The molecule has 0 bridgehead atoms. The Morgan fingerprint density at radius 2 is 2.36 bits per heavy atom. The number of hydrogen-bond donors (Lipinski definition) is 1. The van der Waals surface area contributed by atoms with E-state index in [2.05, 4.69) is 4.98 Å². The highest BCUT2D eigenvalue weighted by molar-refractivity contribution is 7.13. The molecule has 72 valence electrons. The third-order valence-electron chi connectivity index (χ3n) is 1.71. The number of nitrogen functional groups attached to an aromatic ring is 1. The second-order valence-corrected chi connectivity index (χ2v) is 4.59. The largest absolute Gasteiger partial charge is 0.375 e. The molecule has 0 aliphatic carbocycles. The van der Waals surface area contributed by atoms with E-state index in [4.69, 9.17) is 5.73 Å². The number of carbonyl (C=O) groups excluding carboxylic acids is 1. The fourth-order valence-corrected chi connectivity index (χ4v) is 2.32. The Labute approximate surface area is 89.2 Å². The molecule has 2 aromatic heterocycles. The summed E-state index contributed by atoms with van der Waals surface area (Å²) in [6.07, 6.45) is 0.341. The number of hydrogen-bond acceptors (Lipinski definition) is 5. The van der Waals surface area contributed by atoms with Crippen molar-refractivity contribution in [2.24, 2.45) is 0 Å². The molecule has 2 aromatic rings. The Kier molecular flexibility index (Phi) is 2.60. The fraction of sp³-hybridized carbons (Fsp3) is 0.111. The minimum Gasteiger partial charge on any atom is -0.375 e. The summed E-state index contributed by atoms with van der Waals surface area (Å²) in [4.78, 5) is 16.4. The Bertz CT molecular complexity index is 433. The van der Waals surface area contributed by atoms with Crippen molar-refractivity contribution in [2.45, 2.75) is 6.42 Å². The number of thiophene rings is 1. The van der Waals surface area contributed by atoms with Gasteiger partial charge in [-0.05, 0) is 11.4 Å². The van der Waals surface area contributed by atoms with Crippen LogP contribution in [0.2, 0.25) is 0 Å². The van der Waals surface area contributed by atoms with Crippen LogP contribution >= 0.6 is 22.7 Å². The van der Waals surface area contributed by atoms with Gasteiger partial charge in [-0.3, -0.25) is 4.79 Å². The monoisotopic (exact) mass is 224 g/mol. The number of carbonyl (C=O) groups is 1. The Morgan fingerprint density at radius 1 is 1.50 bits per heavy atom. The second-order valence-electron chi connectivity index (χ2n) is 2.75. The lowest BCUT2D eigenvalue weighted by atomic mass is 10.2. The lowest BCUT2D eigenvalue weighted by Crippen LogP contribution is -2.01. The molecule has 0 aliphatic rings. The summed E-state index contributed by atoms with van der Waals surface area (Å²) in [7, 11) is 0. The van der Waals surface area contributed by atoms with Gasteiger partial charge in [0.15, 0.2) is 10.9 Å². The molecule has 0 saturated carbocycles. The molecule has 0 unspecified atom stereocenters. The summed E-state index contributed by atoms with van der Waals surface area (Å²) in [5.74, 6) is 0.102. The summed E-state index contributed by atoms with van der Waals surface area (Å²) in [5.41, 5.74) is 6.23. The summed E-state index contributed by atoms with van der Waals surface area (Å²) in [6, 6.07) is 3.69. The van der Waals surface area contributed by atoms with Gasteiger partial charge in [0, 0.05) is 5.38 Å². The van der Waals surface area contributed by atoms with Crippen molar-refractivity contribution in [3.63, 3.8) is 0 Å². The van der Waals surface area contributed by atoms with E-state index in [1.165, 1.54) is 22.7 Å². The molecule has 2 N–H and O–H groups in total. The van der Waals surface area contributed by atoms with Gasteiger partial charge in [0.05, 0.1) is 17.0 Å². The number of rotatable bonds is 3. The fourth-order valence-electron chi connectivity index (χ4n) is 1.09. The van der Waals surface area contributed by atoms with E-state index in [0.29, 0.717) is 11.6 Å². The first-order valence-electron chi connectivity index (χ1n) is 4.02. The molecule has 0 spiro atoms. The van der Waals surface area contributed by atoms with E-state index < -0.39 is 0 Å². The van der Waals surface area contributed by atoms with Crippen molar-refractivity contribution in [2.75, 3.05) is 5.73 Å². The van der Waals surface area contributed by atoms with Crippen LogP contribution in [0.5, 0.6) is 0 Å². The highest BCUT2D eigenvalue weighted by atomic mass is 32.1. The first-order chi connectivity index (χ1) is 6.75. The molecule has 3 nitrogen and oxygen atoms in total. The van der Waals surface area contributed by atoms with Crippen LogP contribution in [0.15, 0.2) is 22.9 Å². The van der Waals surface area contributed by atoms with E-state index in [0.717, 1.165) is 10.6 Å². The quantitative estimate of drug-likeness (QED) is 0.813. The number of nitrogens with zero attached hydrogens (tertiary/aromatic N) is 1. The van der Waals surface area contributed by atoms with E-state index in [-0.39, 0.29) is 5.78 Å². The van der Waals surface area contributed by atoms with Crippen molar-refractivity contribution in [3.8, 4) is 0 Å². The number of ketones is 1. The maximum Gasteiger partial charge on any atom is 0.180 e. The molecule has 0 saturated heterocycles. The summed E-state index contributed by atoms with van der Waals surface area (Å²) in [5, 5.41) is 4.22.